The van der Waals surface area contributed by atoms with Gasteiger partial charge in [0, 0.05) is 12.6 Å². The molecule has 2 heteroatoms. The maximum Gasteiger partial charge on any atom is 0.0214 e. The molecule has 1 atom stereocenters. The van der Waals surface area contributed by atoms with Gasteiger partial charge in [0.2, 0.25) is 0 Å². The van der Waals surface area contributed by atoms with E-state index in [0.29, 0.717) is 6.04 Å². The summed E-state index contributed by atoms with van der Waals surface area (Å²) >= 11 is 0. The molecule has 0 bridgehead atoms. The number of likely N-dealkylation sites (tertiary alicyclic amines) is 1. The van der Waals surface area contributed by atoms with Crippen LogP contribution in [-0.4, -0.2) is 37.6 Å². The molecular formula is C11H24N2. The molecule has 1 heterocycles. The summed E-state index contributed by atoms with van der Waals surface area (Å²) in [5, 5.41) is 3.41. The summed E-state index contributed by atoms with van der Waals surface area (Å²) < 4.78 is 0. The monoisotopic (exact) mass is 184 g/mol. The van der Waals surface area contributed by atoms with Crippen LogP contribution in [-0.2, 0) is 0 Å². The van der Waals surface area contributed by atoms with Gasteiger partial charge in [-0.3, -0.25) is 0 Å². The summed E-state index contributed by atoms with van der Waals surface area (Å²) in [6.45, 7) is 8.44. The standard InChI is InChI=1S/C11H24N2/c1-10(2)11(12-3)9-13-7-5-4-6-8-13/h10-12H,4-9H2,1-3H3/t11-/m0/s1. The highest BCUT2D eigenvalue weighted by molar-refractivity contribution is 4.75. The Hall–Kier alpha value is -0.0800. The van der Waals surface area contributed by atoms with Gasteiger partial charge in [-0.25, -0.2) is 0 Å². The molecule has 1 N–H and O–H groups in total. The minimum absolute atomic E-state index is 0.665. The number of hydrogen-bond acceptors (Lipinski definition) is 2. The zero-order valence-corrected chi connectivity index (χ0v) is 9.34. The second kappa shape index (κ2) is 5.61. The molecular weight excluding hydrogens is 160 g/mol. The molecule has 0 aliphatic carbocycles. The Morgan fingerprint density at radius 3 is 2.23 bits per heavy atom. The van der Waals surface area contributed by atoms with Crippen molar-refractivity contribution < 1.29 is 0 Å². The Labute approximate surface area is 82.7 Å². The molecule has 0 radical (unpaired) electrons. The molecule has 0 aromatic rings. The van der Waals surface area contributed by atoms with E-state index in [4.69, 9.17) is 0 Å². The van der Waals surface area contributed by atoms with Crippen LogP contribution >= 0.6 is 0 Å². The second-order valence-electron chi connectivity index (χ2n) is 4.50. The van der Waals surface area contributed by atoms with E-state index < -0.39 is 0 Å². The predicted molar refractivity (Wildman–Crippen MR) is 58.0 cm³/mol. The summed E-state index contributed by atoms with van der Waals surface area (Å²) in [5.74, 6) is 0.743. The van der Waals surface area contributed by atoms with Crippen LogP contribution in [0.25, 0.3) is 0 Å². The molecule has 0 aromatic heterocycles. The Bertz CT molecular complexity index is 128. The minimum atomic E-state index is 0.665. The molecule has 0 saturated carbocycles. The molecule has 1 saturated heterocycles. The third-order valence-electron chi connectivity index (χ3n) is 3.08. The van der Waals surface area contributed by atoms with Crippen LogP contribution in [0.5, 0.6) is 0 Å². The van der Waals surface area contributed by atoms with E-state index in [9.17, 15) is 0 Å². The third kappa shape index (κ3) is 3.65. The van der Waals surface area contributed by atoms with Crippen LogP contribution in [0.15, 0.2) is 0 Å². The Morgan fingerprint density at radius 2 is 1.77 bits per heavy atom. The molecule has 1 rings (SSSR count). The van der Waals surface area contributed by atoms with Crippen LogP contribution in [0.1, 0.15) is 33.1 Å². The summed E-state index contributed by atoms with van der Waals surface area (Å²) in [4.78, 5) is 2.60. The van der Waals surface area contributed by atoms with Crippen molar-refractivity contribution in [3.63, 3.8) is 0 Å². The number of nitrogens with zero attached hydrogens (tertiary/aromatic N) is 1. The first-order valence-electron chi connectivity index (χ1n) is 5.63. The number of hydrogen-bond donors (Lipinski definition) is 1. The number of rotatable bonds is 4. The fourth-order valence-corrected chi connectivity index (χ4v) is 2.06. The SMILES string of the molecule is CN[C@@H](CN1CCCCC1)C(C)C. The van der Waals surface area contributed by atoms with Gasteiger partial charge < -0.3 is 10.2 Å². The van der Waals surface area contributed by atoms with E-state index in [2.05, 4.69) is 31.1 Å². The van der Waals surface area contributed by atoms with Gasteiger partial charge in [-0.1, -0.05) is 20.3 Å². The van der Waals surface area contributed by atoms with Crippen LogP contribution in [0, 0.1) is 5.92 Å². The number of likely N-dealkylation sites (N-methyl/N-ethyl adjacent to an activating group) is 1. The molecule has 2 nitrogen and oxygen atoms in total. The van der Waals surface area contributed by atoms with Gasteiger partial charge in [0.1, 0.15) is 0 Å². The minimum Gasteiger partial charge on any atom is -0.315 e. The van der Waals surface area contributed by atoms with Crippen molar-refractivity contribution in [3.05, 3.63) is 0 Å². The van der Waals surface area contributed by atoms with Crippen molar-refractivity contribution in [2.24, 2.45) is 5.92 Å². The van der Waals surface area contributed by atoms with Crippen LogP contribution in [0.2, 0.25) is 0 Å². The van der Waals surface area contributed by atoms with E-state index in [1.165, 1.54) is 38.9 Å². The summed E-state index contributed by atoms with van der Waals surface area (Å²) in [6.07, 6.45) is 4.23. The normalized spacial score (nSPS) is 22.2. The largest absolute Gasteiger partial charge is 0.315 e. The zero-order valence-electron chi connectivity index (χ0n) is 9.34. The lowest BCUT2D eigenvalue weighted by molar-refractivity contribution is 0.191. The Balaban J connectivity index is 2.27. The van der Waals surface area contributed by atoms with Gasteiger partial charge in [0.05, 0.1) is 0 Å². The first kappa shape index (κ1) is 11.0. The van der Waals surface area contributed by atoms with Crippen molar-refractivity contribution in [2.45, 2.75) is 39.2 Å². The van der Waals surface area contributed by atoms with Gasteiger partial charge in [-0.2, -0.15) is 0 Å². The number of piperidine rings is 1. The molecule has 0 amide bonds. The van der Waals surface area contributed by atoms with Crippen molar-refractivity contribution in [2.75, 3.05) is 26.7 Å². The maximum atomic E-state index is 3.41. The molecule has 0 unspecified atom stereocenters. The zero-order chi connectivity index (χ0) is 9.68. The summed E-state index contributed by atoms with van der Waals surface area (Å²) in [6, 6.07) is 0.665. The summed E-state index contributed by atoms with van der Waals surface area (Å²) in [7, 11) is 2.08. The first-order valence-corrected chi connectivity index (χ1v) is 5.63. The molecule has 1 aliphatic rings. The lowest BCUT2D eigenvalue weighted by Gasteiger charge is -2.31. The highest BCUT2D eigenvalue weighted by atomic mass is 15.1. The van der Waals surface area contributed by atoms with Crippen LogP contribution < -0.4 is 5.32 Å². The smallest absolute Gasteiger partial charge is 0.0214 e. The van der Waals surface area contributed by atoms with Gasteiger partial charge in [0.25, 0.3) is 0 Å². The van der Waals surface area contributed by atoms with Crippen LogP contribution in [0.4, 0.5) is 0 Å². The predicted octanol–water partition coefficient (Wildman–Crippen LogP) is 1.72. The first-order chi connectivity index (χ1) is 6.24. The van der Waals surface area contributed by atoms with E-state index in [-0.39, 0.29) is 0 Å². The number of nitrogens with one attached hydrogen (secondary N) is 1. The molecule has 0 spiro atoms. The third-order valence-corrected chi connectivity index (χ3v) is 3.08. The van der Waals surface area contributed by atoms with Crippen molar-refractivity contribution in [1.29, 1.82) is 0 Å². The van der Waals surface area contributed by atoms with Gasteiger partial charge >= 0.3 is 0 Å². The van der Waals surface area contributed by atoms with E-state index in [1.54, 1.807) is 0 Å². The average Bonchev–Trinajstić information content (AvgIpc) is 2.15. The molecule has 13 heavy (non-hydrogen) atoms. The molecule has 1 aliphatic heterocycles. The fourth-order valence-electron chi connectivity index (χ4n) is 2.06. The van der Waals surface area contributed by atoms with Gasteiger partial charge in [-0.15, -0.1) is 0 Å². The van der Waals surface area contributed by atoms with Crippen molar-refractivity contribution in [1.82, 2.24) is 10.2 Å². The summed E-state index contributed by atoms with van der Waals surface area (Å²) in [5.41, 5.74) is 0. The highest BCUT2D eigenvalue weighted by Gasteiger charge is 2.17. The molecule has 0 aromatic carbocycles. The van der Waals surface area contributed by atoms with E-state index in [1.807, 2.05) is 0 Å². The maximum absolute atomic E-state index is 3.41. The van der Waals surface area contributed by atoms with Crippen molar-refractivity contribution in [3.8, 4) is 0 Å². The van der Waals surface area contributed by atoms with E-state index >= 15 is 0 Å². The lowest BCUT2D eigenvalue weighted by atomic mass is 10.0. The molecule has 78 valence electrons. The average molecular weight is 184 g/mol. The topological polar surface area (TPSA) is 15.3 Å². The molecule has 1 fully saturated rings. The van der Waals surface area contributed by atoms with E-state index in [0.717, 1.165) is 5.92 Å². The van der Waals surface area contributed by atoms with Gasteiger partial charge in [0.15, 0.2) is 0 Å². The Kier molecular flexibility index (Phi) is 4.74. The second-order valence-corrected chi connectivity index (χ2v) is 4.50. The Morgan fingerprint density at radius 1 is 1.15 bits per heavy atom. The van der Waals surface area contributed by atoms with Gasteiger partial charge in [-0.05, 0) is 38.9 Å². The van der Waals surface area contributed by atoms with Crippen molar-refractivity contribution >= 4 is 0 Å². The lowest BCUT2D eigenvalue weighted by Crippen LogP contribution is -2.44. The fraction of sp³-hybridized carbons (Fsp3) is 1.00. The highest BCUT2D eigenvalue weighted by Crippen LogP contribution is 2.11. The quantitative estimate of drug-likeness (QED) is 0.715. The van der Waals surface area contributed by atoms with Crippen LogP contribution in [0.3, 0.4) is 0 Å².